The highest BCUT2D eigenvalue weighted by molar-refractivity contribution is 9.10. The van der Waals surface area contributed by atoms with E-state index in [1.54, 1.807) is 6.20 Å². The second kappa shape index (κ2) is 5.85. The third-order valence-electron chi connectivity index (χ3n) is 3.40. The molecular formula is C16H19BrN2. The molecule has 1 atom stereocenters. The smallest absolute Gasteiger partial charge is 0.0716 e. The molecular weight excluding hydrogens is 300 g/mol. The minimum Gasteiger partial charge on any atom is -0.322 e. The third kappa shape index (κ3) is 3.23. The number of aromatic nitrogens is 1. The van der Waals surface area contributed by atoms with Crippen molar-refractivity contribution < 1.29 is 0 Å². The van der Waals surface area contributed by atoms with Gasteiger partial charge in [0.2, 0.25) is 0 Å². The van der Waals surface area contributed by atoms with E-state index in [2.05, 4.69) is 53.8 Å². The molecule has 0 spiro atoms. The first-order valence-corrected chi connectivity index (χ1v) is 7.21. The Morgan fingerprint density at radius 1 is 1.21 bits per heavy atom. The Morgan fingerprint density at radius 2 is 1.84 bits per heavy atom. The molecule has 2 aromatic rings. The fraction of sp³-hybridized carbons (Fsp3) is 0.312. The number of nitrogens with two attached hydrogens (primary N) is 1. The number of rotatable bonds is 3. The molecule has 3 heteroatoms. The van der Waals surface area contributed by atoms with Crippen LogP contribution in [0.15, 0.2) is 34.9 Å². The first kappa shape index (κ1) is 14.2. The Morgan fingerprint density at radius 3 is 2.42 bits per heavy atom. The minimum absolute atomic E-state index is 0.0873. The summed E-state index contributed by atoms with van der Waals surface area (Å²) < 4.78 is 0.977. The lowest BCUT2D eigenvalue weighted by Gasteiger charge is -2.17. The molecule has 2 N–H and O–H groups in total. The fourth-order valence-corrected chi connectivity index (χ4v) is 3.07. The maximum absolute atomic E-state index is 6.31. The molecule has 0 saturated heterocycles. The van der Waals surface area contributed by atoms with Crippen molar-refractivity contribution in [1.82, 2.24) is 4.98 Å². The van der Waals surface area contributed by atoms with Crippen molar-refractivity contribution in [3.63, 3.8) is 0 Å². The van der Waals surface area contributed by atoms with E-state index < -0.39 is 0 Å². The van der Waals surface area contributed by atoms with Crippen LogP contribution in [0.4, 0.5) is 0 Å². The zero-order chi connectivity index (χ0) is 14.0. The topological polar surface area (TPSA) is 38.9 Å². The van der Waals surface area contributed by atoms with Crippen LogP contribution in [0.5, 0.6) is 0 Å². The minimum atomic E-state index is -0.0873. The van der Waals surface area contributed by atoms with Gasteiger partial charge < -0.3 is 5.73 Å². The van der Waals surface area contributed by atoms with Crippen LogP contribution in [0.3, 0.4) is 0 Å². The van der Waals surface area contributed by atoms with Crippen LogP contribution in [-0.4, -0.2) is 4.98 Å². The molecule has 2 rings (SSSR count). The van der Waals surface area contributed by atoms with E-state index in [9.17, 15) is 0 Å². The van der Waals surface area contributed by atoms with Crippen LogP contribution in [0.1, 0.15) is 34.0 Å². The van der Waals surface area contributed by atoms with E-state index in [0.717, 1.165) is 16.6 Å². The van der Waals surface area contributed by atoms with Gasteiger partial charge in [-0.05, 0) is 71.9 Å². The van der Waals surface area contributed by atoms with Gasteiger partial charge in [-0.3, -0.25) is 4.98 Å². The van der Waals surface area contributed by atoms with E-state index in [-0.39, 0.29) is 6.04 Å². The molecule has 0 radical (unpaired) electrons. The van der Waals surface area contributed by atoms with Crippen molar-refractivity contribution in [2.45, 2.75) is 33.2 Å². The predicted octanol–water partition coefficient (Wildman–Crippen LogP) is 4.01. The molecule has 1 aromatic carbocycles. The molecule has 0 bridgehead atoms. The number of aryl methyl sites for hydroxylation is 3. The number of hydrogen-bond acceptors (Lipinski definition) is 2. The molecule has 0 amide bonds. The summed E-state index contributed by atoms with van der Waals surface area (Å²) >= 11 is 3.52. The summed E-state index contributed by atoms with van der Waals surface area (Å²) in [6, 6.07) is 8.22. The normalized spacial score (nSPS) is 12.5. The summed E-state index contributed by atoms with van der Waals surface area (Å²) in [5.41, 5.74) is 12.5. The Balaban J connectivity index is 2.29. The summed E-state index contributed by atoms with van der Waals surface area (Å²) in [5, 5.41) is 0. The van der Waals surface area contributed by atoms with Crippen LogP contribution in [0.2, 0.25) is 0 Å². The quantitative estimate of drug-likeness (QED) is 0.928. The fourth-order valence-electron chi connectivity index (χ4n) is 2.52. The van der Waals surface area contributed by atoms with Crippen LogP contribution < -0.4 is 5.73 Å². The predicted molar refractivity (Wildman–Crippen MR) is 83.2 cm³/mol. The first-order valence-electron chi connectivity index (χ1n) is 6.41. The monoisotopic (exact) mass is 318 g/mol. The maximum Gasteiger partial charge on any atom is 0.0716 e. The third-order valence-corrected chi connectivity index (χ3v) is 4.07. The van der Waals surface area contributed by atoms with E-state index >= 15 is 0 Å². The molecule has 2 nitrogen and oxygen atoms in total. The van der Waals surface area contributed by atoms with Gasteiger partial charge in [0.1, 0.15) is 0 Å². The Hall–Kier alpha value is -1.19. The van der Waals surface area contributed by atoms with Crippen LogP contribution >= 0.6 is 15.9 Å². The largest absolute Gasteiger partial charge is 0.322 e. The lowest BCUT2D eigenvalue weighted by atomic mass is 9.93. The summed E-state index contributed by atoms with van der Waals surface area (Å²) in [6.45, 7) is 6.42. The Labute approximate surface area is 123 Å². The van der Waals surface area contributed by atoms with Crippen molar-refractivity contribution in [2.24, 2.45) is 5.73 Å². The Bertz CT molecular complexity index is 570. The van der Waals surface area contributed by atoms with E-state index in [1.807, 2.05) is 12.1 Å². The van der Waals surface area contributed by atoms with Crippen LogP contribution in [0, 0.1) is 20.8 Å². The van der Waals surface area contributed by atoms with Gasteiger partial charge in [-0.25, -0.2) is 0 Å². The summed E-state index contributed by atoms with van der Waals surface area (Å²) in [6.07, 6.45) is 2.60. The highest BCUT2D eigenvalue weighted by Crippen LogP contribution is 2.25. The van der Waals surface area contributed by atoms with Gasteiger partial charge in [-0.2, -0.15) is 0 Å². The average Bonchev–Trinajstić information content (AvgIpc) is 2.34. The molecule has 0 fully saturated rings. The summed E-state index contributed by atoms with van der Waals surface area (Å²) in [4.78, 5) is 4.38. The Kier molecular flexibility index (Phi) is 4.38. The van der Waals surface area contributed by atoms with Crippen molar-refractivity contribution in [3.8, 4) is 0 Å². The lowest BCUT2D eigenvalue weighted by Crippen LogP contribution is -2.16. The molecule has 0 aliphatic heterocycles. The molecule has 100 valence electrons. The molecule has 0 aliphatic carbocycles. The van der Waals surface area contributed by atoms with Crippen LogP contribution in [0.25, 0.3) is 0 Å². The SMILES string of the molecule is Cc1cc(C)c(CC(N)c2ncccc2Br)c(C)c1. The average molecular weight is 319 g/mol. The van der Waals surface area contributed by atoms with Crippen molar-refractivity contribution in [2.75, 3.05) is 0 Å². The maximum atomic E-state index is 6.31. The van der Waals surface area contributed by atoms with Gasteiger partial charge >= 0.3 is 0 Å². The molecule has 1 unspecified atom stereocenters. The van der Waals surface area contributed by atoms with Gasteiger partial charge in [0.05, 0.1) is 11.7 Å². The van der Waals surface area contributed by atoms with Crippen molar-refractivity contribution >= 4 is 15.9 Å². The highest BCUT2D eigenvalue weighted by atomic mass is 79.9. The number of hydrogen-bond donors (Lipinski definition) is 1. The number of benzene rings is 1. The molecule has 1 aromatic heterocycles. The van der Waals surface area contributed by atoms with Gasteiger partial charge in [-0.1, -0.05) is 17.7 Å². The zero-order valence-corrected chi connectivity index (χ0v) is 13.2. The van der Waals surface area contributed by atoms with Crippen molar-refractivity contribution in [3.05, 3.63) is 62.9 Å². The molecule has 0 aliphatic rings. The van der Waals surface area contributed by atoms with Gasteiger partial charge in [0, 0.05) is 10.7 Å². The van der Waals surface area contributed by atoms with E-state index in [1.165, 1.54) is 22.3 Å². The molecule has 19 heavy (non-hydrogen) atoms. The molecule has 0 saturated carbocycles. The standard InChI is InChI=1S/C16H19BrN2/c1-10-7-11(2)13(12(3)8-10)9-15(18)16-14(17)5-4-6-19-16/h4-8,15H,9,18H2,1-3H3. The first-order chi connectivity index (χ1) is 8.99. The van der Waals surface area contributed by atoms with Gasteiger partial charge in [0.15, 0.2) is 0 Å². The van der Waals surface area contributed by atoms with Gasteiger partial charge in [0.25, 0.3) is 0 Å². The highest BCUT2D eigenvalue weighted by Gasteiger charge is 2.14. The second-order valence-electron chi connectivity index (χ2n) is 5.06. The summed E-state index contributed by atoms with van der Waals surface area (Å²) in [7, 11) is 0. The number of halogens is 1. The number of nitrogens with zero attached hydrogens (tertiary/aromatic N) is 1. The summed E-state index contributed by atoms with van der Waals surface area (Å²) in [5.74, 6) is 0. The number of pyridine rings is 1. The molecule has 1 heterocycles. The second-order valence-corrected chi connectivity index (χ2v) is 5.91. The zero-order valence-electron chi connectivity index (χ0n) is 11.6. The van der Waals surface area contributed by atoms with E-state index in [0.29, 0.717) is 0 Å². The van der Waals surface area contributed by atoms with Gasteiger partial charge in [-0.15, -0.1) is 0 Å². The van der Waals surface area contributed by atoms with Crippen molar-refractivity contribution in [1.29, 1.82) is 0 Å². The lowest BCUT2D eigenvalue weighted by molar-refractivity contribution is 0.687. The van der Waals surface area contributed by atoms with Crippen LogP contribution in [-0.2, 0) is 6.42 Å². The van der Waals surface area contributed by atoms with E-state index in [4.69, 9.17) is 5.73 Å².